The number of hydrogen-bond acceptors (Lipinski definition) is 3. The highest BCUT2D eigenvalue weighted by Crippen LogP contribution is 2.00. The smallest absolute Gasteiger partial charge is 0.102 e. The lowest BCUT2D eigenvalue weighted by Gasteiger charge is -2.10. The van der Waals surface area contributed by atoms with Crippen molar-refractivity contribution in [3.63, 3.8) is 0 Å². The average Bonchev–Trinajstić information content (AvgIpc) is 1.63. The molecule has 0 aromatic rings. The summed E-state index contributed by atoms with van der Waals surface area (Å²) in [5.74, 6) is -0.0732. The maximum atomic E-state index is 8.74. The Morgan fingerprint density at radius 2 is 2.22 bits per heavy atom. The molecule has 0 aliphatic carbocycles. The van der Waals surface area contributed by atoms with Crippen LogP contribution >= 0.6 is 0 Å². The molecule has 0 heterocycles. The van der Waals surface area contributed by atoms with Gasteiger partial charge in [0.15, 0.2) is 0 Å². The van der Waals surface area contributed by atoms with Crippen LogP contribution in [0.15, 0.2) is 12.3 Å². The first-order valence-electron chi connectivity index (χ1n) is 2.85. The highest BCUT2D eigenvalue weighted by atomic mass is 16.3. The van der Waals surface area contributed by atoms with Crippen molar-refractivity contribution in [1.82, 2.24) is 0 Å². The van der Waals surface area contributed by atoms with E-state index < -0.39 is 12.1 Å². The molecular formula is C6H13NO2. The van der Waals surface area contributed by atoms with E-state index in [1.165, 1.54) is 0 Å². The summed E-state index contributed by atoms with van der Waals surface area (Å²) < 4.78 is 0. The van der Waals surface area contributed by atoms with Crippen LogP contribution in [-0.4, -0.2) is 22.4 Å². The number of hydrogen-bond donors (Lipinski definition) is 3. The molecule has 0 saturated heterocycles. The van der Waals surface area contributed by atoms with E-state index in [0.717, 1.165) is 0 Å². The minimum absolute atomic E-state index is 0.0732. The second-order valence-electron chi connectivity index (χ2n) is 2.18. The van der Waals surface area contributed by atoms with E-state index in [9.17, 15) is 0 Å². The van der Waals surface area contributed by atoms with Crippen molar-refractivity contribution < 1.29 is 10.2 Å². The van der Waals surface area contributed by atoms with Gasteiger partial charge in [0.2, 0.25) is 0 Å². The van der Waals surface area contributed by atoms with Gasteiger partial charge in [0, 0.05) is 0 Å². The first kappa shape index (κ1) is 8.46. The van der Waals surface area contributed by atoms with Gasteiger partial charge in [-0.2, -0.15) is 0 Å². The molecule has 3 heteroatoms. The van der Waals surface area contributed by atoms with Gasteiger partial charge in [-0.3, -0.25) is 0 Å². The van der Waals surface area contributed by atoms with Crippen LogP contribution in [0.25, 0.3) is 0 Å². The Hall–Kier alpha value is -0.540. The van der Waals surface area contributed by atoms with Crippen molar-refractivity contribution in [2.45, 2.75) is 25.5 Å². The van der Waals surface area contributed by atoms with Crippen LogP contribution in [0.5, 0.6) is 0 Å². The lowest BCUT2D eigenvalue weighted by atomic mass is 10.1. The molecule has 0 aromatic heterocycles. The lowest BCUT2D eigenvalue weighted by Crippen LogP contribution is -2.26. The van der Waals surface area contributed by atoms with Crippen molar-refractivity contribution in [1.29, 1.82) is 0 Å². The van der Waals surface area contributed by atoms with Gasteiger partial charge >= 0.3 is 0 Å². The SMILES string of the molecule is C=C(O)[C@@H](N)C[C@H](C)O. The fourth-order valence-corrected chi connectivity index (χ4v) is 0.504. The monoisotopic (exact) mass is 131 g/mol. The van der Waals surface area contributed by atoms with Gasteiger partial charge in [-0.1, -0.05) is 6.58 Å². The van der Waals surface area contributed by atoms with E-state index in [-0.39, 0.29) is 5.76 Å². The molecule has 4 N–H and O–H groups in total. The van der Waals surface area contributed by atoms with Crippen LogP contribution < -0.4 is 5.73 Å². The molecule has 0 rings (SSSR count). The van der Waals surface area contributed by atoms with Crippen molar-refractivity contribution in [2.75, 3.05) is 0 Å². The van der Waals surface area contributed by atoms with Crippen LogP contribution in [0.1, 0.15) is 13.3 Å². The molecule has 0 aliphatic heterocycles. The molecule has 2 atom stereocenters. The van der Waals surface area contributed by atoms with Gasteiger partial charge in [0.05, 0.1) is 12.1 Å². The lowest BCUT2D eigenvalue weighted by molar-refractivity contribution is 0.171. The maximum Gasteiger partial charge on any atom is 0.102 e. The van der Waals surface area contributed by atoms with E-state index in [2.05, 4.69) is 6.58 Å². The molecular weight excluding hydrogens is 118 g/mol. The van der Waals surface area contributed by atoms with Crippen LogP contribution in [0.2, 0.25) is 0 Å². The molecule has 0 unspecified atom stereocenters. The molecule has 54 valence electrons. The van der Waals surface area contributed by atoms with Crippen molar-refractivity contribution in [3.8, 4) is 0 Å². The van der Waals surface area contributed by atoms with Gasteiger partial charge in [-0.25, -0.2) is 0 Å². The van der Waals surface area contributed by atoms with Crippen molar-refractivity contribution in [2.24, 2.45) is 5.73 Å². The summed E-state index contributed by atoms with van der Waals surface area (Å²) >= 11 is 0. The average molecular weight is 131 g/mol. The standard InChI is InChI=1S/C6H13NO2/c1-4(8)3-6(7)5(2)9/h4,6,8-9H,2-3,7H2,1H3/t4-,6-/m0/s1. The number of aliphatic hydroxyl groups is 2. The highest BCUT2D eigenvalue weighted by molar-refractivity contribution is 4.92. The predicted molar refractivity (Wildman–Crippen MR) is 36.0 cm³/mol. The van der Waals surface area contributed by atoms with Crippen molar-refractivity contribution in [3.05, 3.63) is 12.3 Å². The third-order valence-corrected chi connectivity index (χ3v) is 1.02. The van der Waals surface area contributed by atoms with Gasteiger partial charge in [-0.05, 0) is 13.3 Å². The quantitative estimate of drug-likeness (QED) is 0.478. The summed E-state index contributed by atoms with van der Waals surface area (Å²) in [7, 11) is 0. The number of nitrogens with two attached hydrogens (primary N) is 1. The van der Waals surface area contributed by atoms with Crippen LogP contribution in [0.4, 0.5) is 0 Å². The number of aliphatic hydroxyl groups excluding tert-OH is 2. The molecule has 0 amide bonds. The minimum atomic E-state index is -0.495. The Kier molecular flexibility index (Phi) is 3.27. The molecule has 0 bridgehead atoms. The van der Waals surface area contributed by atoms with E-state index >= 15 is 0 Å². The Morgan fingerprint density at radius 3 is 2.33 bits per heavy atom. The zero-order valence-electron chi connectivity index (χ0n) is 5.54. The second kappa shape index (κ2) is 3.48. The van der Waals surface area contributed by atoms with Crippen LogP contribution in [0, 0.1) is 0 Å². The fourth-order valence-electron chi connectivity index (χ4n) is 0.504. The summed E-state index contributed by atoms with van der Waals surface area (Å²) in [5, 5.41) is 17.4. The third kappa shape index (κ3) is 4.00. The van der Waals surface area contributed by atoms with E-state index in [1.807, 2.05) is 0 Å². The van der Waals surface area contributed by atoms with Crippen LogP contribution in [-0.2, 0) is 0 Å². The van der Waals surface area contributed by atoms with E-state index in [1.54, 1.807) is 6.92 Å². The fraction of sp³-hybridized carbons (Fsp3) is 0.667. The van der Waals surface area contributed by atoms with Gasteiger partial charge in [0.1, 0.15) is 5.76 Å². The molecule has 0 aromatic carbocycles. The van der Waals surface area contributed by atoms with Gasteiger partial charge < -0.3 is 15.9 Å². The molecule has 0 saturated carbocycles. The molecule has 0 spiro atoms. The minimum Gasteiger partial charge on any atom is -0.511 e. The van der Waals surface area contributed by atoms with Gasteiger partial charge in [0.25, 0.3) is 0 Å². The van der Waals surface area contributed by atoms with Gasteiger partial charge in [-0.15, -0.1) is 0 Å². The summed E-state index contributed by atoms with van der Waals surface area (Å²) in [6, 6.07) is -0.495. The van der Waals surface area contributed by atoms with Crippen LogP contribution in [0.3, 0.4) is 0 Å². The first-order chi connectivity index (χ1) is 4.04. The first-order valence-corrected chi connectivity index (χ1v) is 2.85. The zero-order chi connectivity index (χ0) is 7.44. The Morgan fingerprint density at radius 1 is 1.78 bits per heavy atom. The molecule has 9 heavy (non-hydrogen) atoms. The van der Waals surface area contributed by atoms with Crippen molar-refractivity contribution >= 4 is 0 Å². The molecule has 0 fully saturated rings. The highest BCUT2D eigenvalue weighted by Gasteiger charge is 2.07. The van der Waals surface area contributed by atoms with E-state index in [0.29, 0.717) is 6.42 Å². The molecule has 0 radical (unpaired) electrons. The summed E-state index contributed by atoms with van der Waals surface area (Å²) in [6.45, 7) is 4.84. The summed E-state index contributed by atoms with van der Waals surface area (Å²) in [5.41, 5.74) is 5.31. The zero-order valence-corrected chi connectivity index (χ0v) is 5.54. The van der Waals surface area contributed by atoms with E-state index in [4.69, 9.17) is 15.9 Å². The predicted octanol–water partition coefficient (Wildman–Crippen LogP) is 0.156. The molecule has 3 nitrogen and oxygen atoms in total. The third-order valence-electron chi connectivity index (χ3n) is 1.02. The summed E-state index contributed by atoms with van der Waals surface area (Å²) in [6.07, 6.45) is -0.126. The molecule has 0 aliphatic rings. The normalized spacial score (nSPS) is 16.8. The topological polar surface area (TPSA) is 66.5 Å². The maximum absolute atomic E-state index is 8.74. The Bertz CT molecular complexity index is 101. The summed E-state index contributed by atoms with van der Waals surface area (Å²) in [4.78, 5) is 0. The Balaban J connectivity index is 3.50. The largest absolute Gasteiger partial charge is 0.511 e. The Labute approximate surface area is 54.8 Å². The second-order valence-corrected chi connectivity index (χ2v) is 2.18. The number of rotatable bonds is 3.